The highest BCUT2D eigenvalue weighted by atomic mass is 16.5. The molecule has 0 aromatic carbocycles. The predicted octanol–water partition coefficient (Wildman–Crippen LogP) is 0.469. The molecule has 0 aromatic rings. The first-order valence-electron chi connectivity index (χ1n) is 6.22. The number of piperazine rings is 1. The number of ether oxygens (including phenoxy) is 1. The van der Waals surface area contributed by atoms with E-state index >= 15 is 0 Å². The molecule has 1 saturated heterocycles. The third-order valence-electron chi connectivity index (χ3n) is 3.09. The molecule has 0 radical (unpaired) electrons. The molecule has 17 heavy (non-hydrogen) atoms. The molecule has 1 aliphatic heterocycles. The molecule has 1 aliphatic rings. The van der Waals surface area contributed by atoms with Crippen molar-refractivity contribution in [1.29, 1.82) is 5.26 Å². The number of carbonyl (C=O) groups excluding carboxylic acids is 1. The lowest BCUT2D eigenvalue weighted by atomic mass is 10.1. The summed E-state index contributed by atoms with van der Waals surface area (Å²) in [5, 5.41) is 8.62. The van der Waals surface area contributed by atoms with E-state index in [9.17, 15) is 4.79 Å². The molecule has 1 atom stereocenters. The second-order valence-electron chi connectivity index (χ2n) is 4.15. The molecule has 0 N–H and O–H groups in total. The largest absolute Gasteiger partial charge is 0.465 e. The van der Waals surface area contributed by atoms with Crippen LogP contribution in [0.4, 0.5) is 0 Å². The van der Waals surface area contributed by atoms with Crippen molar-refractivity contribution in [2.75, 3.05) is 39.3 Å². The van der Waals surface area contributed by atoms with Crippen LogP contribution in [-0.4, -0.2) is 61.1 Å². The van der Waals surface area contributed by atoms with Crippen molar-refractivity contribution in [3.8, 4) is 6.07 Å². The van der Waals surface area contributed by atoms with Gasteiger partial charge < -0.3 is 4.74 Å². The topological polar surface area (TPSA) is 56.6 Å². The molecular formula is C12H21N3O2. The molecular weight excluding hydrogens is 218 g/mol. The summed E-state index contributed by atoms with van der Waals surface area (Å²) in [4.78, 5) is 16.0. The van der Waals surface area contributed by atoms with Gasteiger partial charge in [-0.15, -0.1) is 0 Å². The number of esters is 1. The minimum atomic E-state index is -0.126. The van der Waals surface area contributed by atoms with Crippen LogP contribution in [0, 0.1) is 11.3 Å². The lowest BCUT2D eigenvalue weighted by Crippen LogP contribution is -2.52. The van der Waals surface area contributed by atoms with Gasteiger partial charge in [-0.2, -0.15) is 5.26 Å². The van der Waals surface area contributed by atoms with Crippen molar-refractivity contribution in [2.24, 2.45) is 0 Å². The van der Waals surface area contributed by atoms with Crippen LogP contribution in [0.15, 0.2) is 0 Å². The predicted molar refractivity (Wildman–Crippen MR) is 64.3 cm³/mol. The number of nitriles is 1. The van der Waals surface area contributed by atoms with E-state index in [0.29, 0.717) is 13.2 Å². The Morgan fingerprint density at radius 1 is 1.35 bits per heavy atom. The Morgan fingerprint density at radius 2 is 2.00 bits per heavy atom. The fourth-order valence-corrected chi connectivity index (χ4v) is 2.15. The van der Waals surface area contributed by atoms with Gasteiger partial charge in [0.05, 0.1) is 19.2 Å². The van der Waals surface area contributed by atoms with Crippen molar-refractivity contribution in [2.45, 2.75) is 26.3 Å². The number of carbonyl (C=O) groups is 1. The molecule has 0 aromatic heterocycles. The van der Waals surface area contributed by atoms with E-state index < -0.39 is 0 Å². The summed E-state index contributed by atoms with van der Waals surface area (Å²) < 4.78 is 5.08. The van der Waals surface area contributed by atoms with Gasteiger partial charge in [0.1, 0.15) is 6.04 Å². The minimum absolute atomic E-state index is 0.122. The number of hydrogen-bond acceptors (Lipinski definition) is 5. The third kappa shape index (κ3) is 3.99. The van der Waals surface area contributed by atoms with Gasteiger partial charge in [0.2, 0.25) is 0 Å². The monoisotopic (exact) mass is 239 g/mol. The van der Waals surface area contributed by atoms with Crippen LogP contribution < -0.4 is 0 Å². The summed E-state index contributed by atoms with van der Waals surface area (Å²) in [6.45, 7) is 8.11. The Labute approximate surface area is 103 Å². The standard InChI is InChI=1S/C12H21N3O2/c1-3-11(12(16)17-4-2)15-9-7-14(6-5-13)8-10-15/h11H,3-4,6-10H2,1-2H3. The molecule has 1 rings (SSSR count). The molecule has 5 heteroatoms. The van der Waals surface area contributed by atoms with E-state index in [0.717, 1.165) is 32.6 Å². The Morgan fingerprint density at radius 3 is 2.47 bits per heavy atom. The average Bonchev–Trinajstić information content (AvgIpc) is 2.33. The van der Waals surface area contributed by atoms with E-state index in [1.165, 1.54) is 0 Å². The molecule has 1 heterocycles. The van der Waals surface area contributed by atoms with Crippen LogP contribution in [0.3, 0.4) is 0 Å². The second kappa shape index (κ2) is 7.25. The van der Waals surface area contributed by atoms with Gasteiger partial charge >= 0.3 is 5.97 Å². The van der Waals surface area contributed by atoms with E-state index in [2.05, 4.69) is 15.9 Å². The SMILES string of the molecule is CCOC(=O)C(CC)N1CCN(CC#N)CC1. The first-order chi connectivity index (χ1) is 8.22. The number of nitrogens with zero attached hydrogens (tertiary/aromatic N) is 3. The van der Waals surface area contributed by atoms with E-state index in [-0.39, 0.29) is 12.0 Å². The molecule has 0 bridgehead atoms. The normalized spacial score (nSPS) is 19.6. The number of rotatable bonds is 5. The number of hydrogen-bond donors (Lipinski definition) is 0. The highest BCUT2D eigenvalue weighted by molar-refractivity contribution is 5.75. The molecule has 0 aliphatic carbocycles. The van der Waals surface area contributed by atoms with Gasteiger partial charge in [0, 0.05) is 26.2 Å². The molecule has 0 saturated carbocycles. The Kier molecular flexibility index (Phi) is 5.95. The average molecular weight is 239 g/mol. The quantitative estimate of drug-likeness (QED) is 0.515. The van der Waals surface area contributed by atoms with Gasteiger partial charge in [-0.05, 0) is 13.3 Å². The Balaban J connectivity index is 2.45. The highest BCUT2D eigenvalue weighted by Crippen LogP contribution is 2.10. The maximum absolute atomic E-state index is 11.8. The van der Waals surface area contributed by atoms with Crippen LogP contribution in [0.25, 0.3) is 0 Å². The fraction of sp³-hybridized carbons (Fsp3) is 0.833. The smallest absolute Gasteiger partial charge is 0.323 e. The van der Waals surface area contributed by atoms with Gasteiger partial charge in [0.25, 0.3) is 0 Å². The summed E-state index contributed by atoms with van der Waals surface area (Å²) in [6, 6.07) is 2.03. The van der Waals surface area contributed by atoms with Crippen LogP contribution in [-0.2, 0) is 9.53 Å². The second-order valence-corrected chi connectivity index (χ2v) is 4.15. The van der Waals surface area contributed by atoms with Crippen molar-refractivity contribution >= 4 is 5.97 Å². The highest BCUT2D eigenvalue weighted by Gasteiger charge is 2.28. The Hall–Kier alpha value is -1.12. The lowest BCUT2D eigenvalue weighted by Gasteiger charge is -2.36. The van der Waals surface area contributed by atoms with Crippen molar-refractivity contribution in [3.05, 3.63) is 0 Å². The van der Waals surface area contributed by atoms with Gasteiger partial charge in [-0.1, -0.05) is 6.92 Å². The molecule has 96 valence electrons. The minimum Gasteiger partial charge on any atom is -0.465 e. The summed E-state index contributed by atoms with van der Waals surface area (Å²) in [6.07, 6.45) is 0.775. The molecule has 1 unspecified atom stereocenters. The molecule has 0 amide bonds. The Bertz CT molecular complexity index is 280. The van der Waals surface area contributed by atoms with Gasteiger partial charge in [-0.25, -0.2) is 0 Å². The maximum Gasteiger partial charge on any atom is 0.323 e. The van der Waals surface area contributed by atoms with E-state index in [1.807, 2.05) is 13.8 Å². The van der Waals surface area contributed by atoms with E-state index in [1.54, 1.807) is 0 Å². The van der Waals surface area contributed by atoms with Crippen LogP contribution >= 0.6 is 0 Å². The maximum atomic E-state index is 11.8. The van der Waals surface area contributed by atoms with Gasteiger partial charge in [-0.3, -0.25) is 14.6 Å². The zero-order chi connectivity index (χ0) is 12.7. The molecule has 0 spiro atoms. The van der Waals surface area contributed by atoms with Crippen LogP contribution in [0.2, 0.25) is 0 Å². The summed E-state index contributed by atoms with van der Waals surface area (Å²) >= 11 is 0. The third-order valence-corrected chi connectivity index (χ3v) is 3.09. The van der Waals surface area contributed by atoms with E-state index in [4.69, 9.17) is 10.00 Å². The lowest BCUT2D eigenvalue weighted by molar-refractivity contribution is -0.150. The van der Waals surface area contributed by atoms with Crippen molar-refractivity contribution in [3.63, 3.8) is 0 Å². The van der Waals surface area contributed by atoms with Crippen molar-refractivity contribution < 1.29 is 9.53 Å². The van der Waals surface area contributed by atoms with Crippen LogP contribution in [0.1, 0.15) is 20.3 Å². The zero-order valence-electron chi connectivity index (χ0n) is 10.7. The summed E-state index contributed by atoms with van der Waals surface area (Å²) in [5.74, 6) is -0.122. The van der Waals surface area contributed by atoms with Crippen LogP contribution in [0.5, 0.6) is 0 Å². The molecule has 1 fully saturated rings. The summed E-state index contributed by atoms with van der Waals surface area (Å²) in [5.41, 5.74) is 0. The molecule has 5 nitrogen and oxygen atoms in total. The fourth-order valence-electron chi connectivity index (χ4n) is 2.15. The van der Waals surface area contributed by atoms with Gasteiger partial charge in [0.15, 0.2) is 0 Å². The zero-order valence-corrected chi connectivity index (χ0v) is 10.7. The first-order valence-corrected chi connectivity index (χ1v) is 6.22. The van der Waals surface area contributed by atoms with Crippen molar-refractivity contribution in [1.82, 2.24) is 9.80 Å². The first kappa shape index (κ1) is 13.9. The summed E-state index contributed by atoms with van der Waals surface area (Å²) in [7, 11) is 0.